The third-order valence-electron chi connectivity index (χ3n) is 5.60. The smallest absolute Gasteiger partial charge is 0.465 e. The summed E-state index contributed by atoms with van der Waals surface area (Å²) in [6.07, 6.45) is 0.904. The Balaban J connectivity index is 0.000000228. The molecule has 0 aliphatic heterocycles. The van der Waals surface area contributed by atoms with Gasteiger partial charge in [0.1, 0.15) is 5.56 Å². The SMILES string of the molecule is COC(=O)c1ccccc1-c1ccc(C)cc1.COC(=O)c1ccccc1OS(C)(=O)=O.Cc1ccc(B(O)O)cc1. The van der Waals surface area contributed by atoms with E-state index in [9.17, 15) is 18.0 Å². The van der Waals surface area contributed by atoms with Crippen LogP contribution in [-0.4, -0.2) is 58.0 Å². The van der Waals surface area contributed by atoms with E-state index in [2.05, 4.69) is 8.92 Å². The van der Waals surface area contributed by atoms with E-state index in [-0.39, 0.29) is 17.3 Å². The average molecular weight is 592 g/mol. The Bertz CT molecular complexity index is 1570. The molecule has 0 bridgehead atoms. The van der Waals surface area contributed by atoms with Gasteiger partial charge in [-0.15, -0.1) is 0 Å². The van der Waals surface area contributed by atoms with Crippen LogP contribution in [-0.2, 0) is 19.6 Å². The maximum Gasteiger partial charge on any atom is 0.488 e. The summed E-state index contributed by atoms with van der Waals surface area (Å²) in [6, 6.07) is 28.6. The lowest BCUT2D eigenvalue weighted by Gasteiger charge is -2.08. The van der Waals surface area contributed by atoms with E-state index in [1.807, 2.05) is 68.4 Å². The second-order valence-electron chi connectivity index (χ2n) is 8.96. The Morgan fingerprint density at radius 3 is 1.62 bits per heavy atom. The fourth-order valence-corrected chi connectivity index (χ4v) is 3.95. The van der Waals surface area contributed by atoms with Crippen LogP contribution in [0.2, 0.25) is 0 Å². The standard InChI is InChI=1S/C15H14O2.C9H10O5S.C7H9BO2/c1-11-7-9-12(10-8-11)13-5-3-4-6-14(13)15(16)17-2;1-13-9(10)7-5-3-4-6-8(7)14-15(2,11)12;1-6-2-4-7(5-3-6)8(9)10/h3-10H,1-2H3;3-6H,1-2H3;2-5,9-10H,1H3. The first-order chi connectivity index (χ1) is 19.9. The Morgan fingerprint density at radius 1 is 0.667 bits per heavy atom. The summed E-state index contributed by atoms with van der Waals surface area (Å²) in [5.41, 5.74) is 5.44. The van der Waals surface area contributed by atoms with Crippen LogP contribution in [0.5, 0.6) is 5.75 Å². The molecule has 4 aromatic rings. The van der Waals surface area contributed by atoms with Gasteiger partial charge >= 0.3 is 29.2 Å². The molecule has 0 aliphatic rings. The third kappa shape index (κ3) is 10.8. The van der Waals surface area contributed by atoms with E-state index in [0.717, 1.165) is 22.9 Å². The number of carbonyl (C=O) groups is 2. The number of hydrogen-bond donors (Lipinski definition) is 2. The van der Waals surface area contributed by atoms with Crippen LogP contribution < -0.4 is 9.65 Å². The van der Waals surface area contributed by atoms with Gasteiger partial charge in [0.15, 0.2) is 5.75 Å². The number of ether oxygens (including phenoxy) is 2. The molecule has 4 aromatic carbocycles. The number of esters is 2. The summed E-state index contributed by atoms with van der Waals surface area (Å²) in [6.45, 7) is 3.99. The first-order valence-corrected chi connectivity index (χ1v) is 14.4. The molecular formula is C31H33BO9S. The highest BCUT2D eigenvalue weighted by Crippen LogP contribution is 2.24. The van der Waals surface area contributed by atoms with Crippen molar-refractivity contribution in [1.82, 2.24) is 0 Å². The van der Waals surface area contributed by atoms with E-state index in [1.54, 1.807) is 30.3 Å². The third-order valence-corrected chi connectivity index (χ3v) is 6.09. The maximum absolute atomic E-state index is 11.7. The predicted molar refractivity (Wildman–Crippen MR) is 162 cm³/mol. The van der Waals surface area contributed by atoms with Crippen LogP contribution in [0.4, 0.5) is 0 Å². The van der Waals surface area contributed by atoms with Crippen molar-refractivity contribution < 1.29 is 41.7 Å². The molecule has 0 unspecified atom stereocenters. The topological polar surface area (TPSA) is 136 Å². The zero-order valence-corrected chi connectivity index (χ0v) is 24.8. The first-order valence-electron chi connectivity index (χ1n) is 12.6. The molecule has 9 nitrogen and oxygen atoms in total. The van der Waals surface area contributed by atoms with Crippen LogP contribution in [0.3, 0.4) is 0 Å². The molecule has 42 heavy (non-hydrogen) atoms. The molecule has 4 rings (SSSR count). The molecule has 0 aliphatic carbocycles. The lowest BCUT2D eigenvalue weighted by atomic mass is 9.80. The van der Waals surface area contributed by atoms with Crippen molar-refractivity contribution in [2.24, 2.45) is 0 Å². The summed E-state index contributed by atoms with van der Waals surface area (Å²) in [7, 11) is -2.39. The van der Waals surface area contributed by atoms with Crippen LogP contribution in [0.15, 0.2) is 97.1 Å². The quantitative estimate of drug-likeness (QED) is 0.194. The second kappa shape index (κ2) is 16.1. The van der Waals surface area contributed by atoms with Crippen molar-refractivity contribution in [1.29, 1.82) is 0 Å². The van der Waals surface area contributed by atoms with E-state index < -0.39 is 23.2 Å². The maximum atomic E-state index is 11.7. The molecule has 0 aromatic heterocycles. The zero-order valence-electron chi connectivity index (χ0n) is 24.0. The van der Waals surface area contributed by atoms with Crippen molar-refractivity contribution >= 4 is 34.6 Å². The van der Waals surface area contributed by atoms with Crippen molar-refractivity contribution in [3.63, 3.8) is 0 Å². The molecule has 0 spiro atoms. The highest BCUT2D eigenvalue weighted by atomic mass is 32.2. The minimum absolute atomic E-state index is 0.0353. The highest BCUT2D eigenvalue weighted by molar-refractivity contribution is 7.86. The monoisotopic (exact) mass is 592 g/mol. The molecule has 0 saturated heterocycles. The van der Waals surface area contributed by atoms with Crippen molar-refractivity contribution in [3.8, 4) is 16.9 Å². The van der Waals surface area contributed by atoms with E-state index in [4.69, 9.17) is 14.8 Å². The van der Waals surface area contributed by atoms with Crippen LogP contribution in [0.1, 0.15) is 31.8 Å². The van der Waals surface area contributed by atoms with Crippen molar-refractivity contribution in [2.75, 3.05) is 20.5 Å². The summed E-state index contributed by atoms with van der Waals surface area (Å²) >= 11 is 0. The minimum atomic E-state index is -3.65. The molecule has 0 atom stereocenters. The summed E-state index contributed by atoms with van der Waals surface area (Å²) < 4.78 is 35.7. The normalized spacial score (nSPS) is 10.2. The van der Waals surface area contributed by atoms with Gasteiger partial charge in [-0.25, -0.2) is 9.59 Å². The molecule has 11 heteroatoms. The second-order valence-corrected chi connectivity index (χ2v) is 10.5. The lowest BCUT2D eigenvalue weighted by molar-refractivity contribution is 0.0591. The number of para-hydroxylation sites is 1. The zero-order chi connectivity index (χ0) is 31.3. The molecule has 0 fully saturated rings. The van der Waals surface area contributed by atoms with Crippen LogP contribution in [0.25, 0.3) is 11.1 Å². The van der Waals surface area contributed by atoms with Crippen LogP contribution in [0, 0.1) is 13.8 Å². The average Bonchev–Trinajstić information content (AvgIpc) is 2.97. The molecule has 0 saturated carbocycles. The van der Waals surface area contributed by atoms with Gasteiger partial charge in [0.2, 0.25) is 0 Å². The molecule has 0 heterocycles. The van der Waals surface area contributed by atoms with Crippen LogP contribution >= 0.6 is 0 Å². The summed E-state index contributed by atoms with van der Waals surface area (Å²) in [5, 5.41) is 17.3. The van der Waals surface area contributed by atoms with Gasteiger partial charge in [0.05, 0.1) is 26.0 Å². The Hall–Kier alpha value is -4.45. The van der Waals surface area contributed by atoms with Crippen molar-refractivity contribution in [2.45, 2.75) is 13.8 Å². The van der Waals surface area contributed by atoms with Gasteiger partial charge in [-0.1, -0.05) is 90.0 Å². The molecule has 0 amide bonds. The summed E-state index contributed by atoms with van der Waals surface area (Å²) in [4.78, 5) is 22.9. The number of rotatable bonds is 6. The predicted octanol–water partition coefficient (Wildman–Crippen LogP) is 3.94. The van der Waals surface area contributed by atoms with Gasteiger partial charge in [0.25, 0.3) is 0 Å². The Kier molecular flexibility index (Phi) is 13.0. The molecule has 220 valence electrons. The largest absolute Gasteiger partial charge is 0.488 e. The summed E-state index contributed by atoms with van der Waals surface area (Å²) in [5.74, 6) is -0.984. The number of methoxy groups -OCH3 is 2. The Labute approximate surface area is 246 Å². The van der Waals surface area contributed by atoms with E-state index in [1.165, 1.54) is 31.9 Å². The fourth-order valence-electron chi connectivity index (χ4n) is 3.48. The lowest BCUT2D eigenvalue weighted by Crippen LogP contribution is -2.29. The van der Waals surface area contributed by atoms with Gasteiger partial charge in [-0.05, 0) is 48.6 Å². The Morgan fingerprint density at radius 2 is 1.12 bits per heavy atom. The fraction of sp³-hybridized carbons (Fsp3) is 0.161. The highest BCUT2D eigenvalue weighted by Gasteiger charge is 2.15. The van der Waals surface area contributed by atoms with Gasteiger partial charge in [-0.2, -0.15) is 8.42 Å². The van der Waals surface area contributed by atoms with E-state index >= 15 is 0 Å². The van der Waals surface area contributed by atoms with E-state index in [0.29, 0.717) is 11.0 Å². The molecule has 0 radical (unpaired) electrons. The van der Waals surface area contributed by atoms with Gasteiger partial charge in [0, 0.05) is 0 Å². The number of aryl methyl sites for hydroxylation is 2. The number of carbonyl (C=O) groups excluding carboxylic acids is 2. The minimum Gasteiger partial charge on any atom is -0.465 e. The molecule has 2 N–H and O–H groups in total. The number of hydrogen-bond acceptors (Lipinski definition) is 9. The first kappa shape index (κ1) is 33.8. The number of benzene rings is 4. The molecular weight excluding hydrogens is 559 g/mol. The van der Waals surface area contributed by atoms with Gasteiger partial charge in [-0.3, -0.25) is 0 Å². The van der Waals surface area contributed by atoms with Gasteiger partial charge < -0.3 is 23.7 Å². The van der Waals surface area contributed by atoms with Crippen molar-refractivity contribution in [3.05, 3.63) is 119 Å².